The van der Waals surface area contributed by atoms with Crippen LogP contribution in [0.15, 0.2) is 47.1 Å². The molecule has 0 amide bonds. The minimum absolute atomic E-state index is 0.166. The number of nitrogens with zero attached hydrogens (tertiary/aromatic N) is 4. The van der Waals surface area contributed by atoms with Gasteiger partial charge in [0, 0.05) is 36.6 Å². The van der Waals surface area contributed by atoms with Gasteiger partial charge < -0.3 is 9.09 Å². The van der Waals surface area contributed by atoms with Crippen molar-refractivity contribution in [2.45, 2.75) is 32.2 Å². The van der Waals surface area contributed by atoms with E-state index in [-0.39, 0.29) is 17.4 Å². The number of hydrogen-bond acceptors (Lipinski definition) is 4. The fraction of sp³-hybridized carbons (Fsp3) is 0.333. The van der Waals surface area contributed by atoms with Gasteiger partial charge in [-0.25, -0.2) is 0 Å². The highest BCUT2D eigenvalue weighted by atomic mass is 19.4. The topological polar surface area (TPSA) is 47.1 Å². The Morgan fingerprint density at radius 3 is 2.85 bits per heavy atom. The number of aromatic nitrogens is 3. The normalized spacial score (nSPS) is 18.1. The maximum absolute atomic E-state index is 12.9. The molecule has 1 unspecified atom stereocenters. The van der Waals surface area contributed by atoms with Gasteiger partial charge in [0.1, 0.15) is 0 Å². The summed E-state index contributed by atoms with van der Waals surface area (Å²) in [5.74, 6) is 0.559. The summed E-state index contributed by atoms with van der Waals surface area (Å²) in [5.41, 5.74) is 0.774. The second-order valence-corrected chi connectivity index (χ2v) is 6.36. The molecule has 4 rings (SSSR count). The van der Waals surface area contributed by atoms with Crippen molar-refractivity contribution in [2.24, 2.45) is 0 Å². The number of halogens is 3. The Balaban J connectivity index is 1.52. The second-order valence-electron chi connectivity index (χ2n) is 6.36. The molecule has 0 spiro atoms. The van der Waals surface area contributed by atoms with Crippen molar-refractivity contribution >= 4 is 0 Å². The number of fused-ring (bicyclic) bond motifs is 1. The highest BCUT2D eigenvalue weighted by Crippen LogP contribution is 2.32. The summed E-state index contributed by atoms with van der Waals surface area (Å²) in [6.07, 6.45) is -2.34. The van der Waals surface area contributed by atoms with Crippen LogP contribution in [-0.4, -0.2) is 26.2 Å². The molecule has 8 heteroatoms. The molecule has 0 radical (unpaired) electrons. The molecule has 0 bridgehead atoms. The molecule has 0 N–H and O–H groups in total. The summed E-state index contributed by atoms with van der Waals surface area (Å²) < 4.78 is 46.1. The zero-order valence-electron chi connectivity index (χ0n) is 14.1. The lowest BCUT2D eigenvalue weighted by atomic mass is 10.1. The maximum Gasteiger partial charge on any atom is 0.416 e. The van der Waals surface area contributed by atoms with Crippen LogP contribution in [0, 0.1) is 0 Å². The van der Waals surface area contributed by atoms with Gasteiger partial charge in [0.15, 0.2) is 0 Å². The molecule has 0 saturated carbocycles. The largest absolute Gasteiger partial charge is 0.416 e. The van der Waals surface area contributed by atoms with Crippen molar-refractivity contribution in [2.75, 3.05) is 6.54 Å². The Hall–Kier alpha value is -2.61. The van der Waals surface area contributed by atoms with E-state index in [1.807, 2.05) is 6.07 Å². The van der Waals surface area contributed by atoms with Gasteiger partial charge >= 0.3 is 6.18 Å². The van der Waals surface area contributed by atoms with Gasteiger partial charge in [-0.15, -0.1) is 0 Å². The van der Waals surface area contributed by atoms with Crippen LogP contribution in [0.1, 0.15) is 30.1 Å². The number of hydrogen-bond donors (Lipinski definition) is 0. The molecule has 0 fully saturated rings. The Morgan fingerprint density at radius 2 is 2.04 bits per heavy atom. The zero-order chi connectivity index (χ0) is 18.3. The summed E-state index contributed by atoms with van der Waals surface area (Å²) in [7, 11) is 0. The van der Waals surface area contributed by atoms with E-state index in [4.69, 9.17) is 4.52 Å². The molecule has 5 nitrogen and oxygen atoms in total. The van der Waals surface area contributed by atoms with Crippen molar-refractivity contribution in [1.29, 1.82) is 0 Å². The van der Waals surface area contributed by atoms with Crippen molar-refractivity contribution in [3.05, 3.63) is 59.7 Å². The minimum atomic E-state index is -4.40. The Labute approximate surface area is 148 Å². The summed E-state index contributed by atoms with van der Waals surface area (Å²) in [5, 5.41) is 3.85. The average Bonchev–Trinajstić information content (AvgIpc) is 3.26. The van der Waals surface area contributed by atoms with E-state index in [0.717, 1.165) is 25.2 Å². The smallest absolute Gasteiger partial charge is 0.349 e. The predicted molar refractivity (Wildman–Crippen MR) is 88.0 cm³/mol. The summed E-state index contributed by atoms with van der Waals surface area (Å²) >= 11 is 0. The van der Waals surface area contributed by atoms with Crippen LogP contribution >= 0.6 is 0 Å². The van der Waals surface area contributed by atoms with Gasteiger partial charge in [-0.05, 0) is 31.2 Å². The van der Waals surface area contributed by atoms with Gasteiger partial charge in [-0.2, -0.15) is 18.2 Å². The van der Waals surface area contributed by atoms with E-state index in [2.05, 4.69) is 38.8 Å². The predicted octanol–water partition coefficient (Wildman–Crippen LogP) is 4.13. The van der Waals surface area contributed by atoms with Crippen molar-refractivity contribution in [3.63, 3.8) is 0 Å². The molecule has 1 aliphatic heterocycles. The van der Waals surface area contributed by atoms with Crippen LogP contribution in [0.2, 0.25) is 0 Å². The highest BCUT2D eigenvalue weighted by molar-refractivity contribution is 5.55. The molecule has 1 aromatic carbocycles. The molecule has 3 aromatic rings. The highest BCUT2D eigenvalue weighted by Gasteiger charge is 2.31. The monoisotopic (exact) mass is 362 g/mol. The molecule has 0 aliphatic carbocycles. The fourth-order valence-corrected chi connectivity index (χ4v) is 3.29. The molecule has 0 saturated heterocycles. The molecule has 136 valence electrons. The molecule has 2 aromatic heterocycles. The van der Waals surface area contributed by atoms with Gasteiger partial charge in [-0.1, -0.05) is 17.3 Å². The second kappa shape index (κ2) is 6.28. The van der Waals surface area contributed by atoms with E-state index in [9.17, 15) is 13.2 Å². The van der Waals surface area contributed by atoms with Crippen LogP contribution in [0.3, 0.4) is 0 Å². The maximum atomic E-state index is 12.9. The molecule has 1 atom stereocenters. The number of benzene rings is 1. The Kier molecular flexibility index (Phi) is 4.07. The van der Waals surface area contributed by atoms with Crippen molar-refractivity contribution in [1.82, 2.24) is 19.6 Å². The zero-order valence-corrected chi connectivity index (χ0v) is 14.1. The number of rotatable bonds is 3. The van der Waals surface area contributed by atoms with Crippen molar-refractivity contribution < 1.29 is 17.7 Å². The third kappa shape index (κ3) is 3.12. The van der Waals surface area contributed by atoms with E-state index in [1.54, 1.807) is 6.07 Å². The molecule has 26 heavy (non-hydrogen) atoms. The van der Waals surface area contributed by atoms with E-state index < -0.39 is 11.7 Å². The molecular formula is C18H17F3N4O. The first-order chi connectivity index (χ1) is 12.4. The van der Waals surface area contributed by atoms with Gasteiger partial charge in [0.25, 0.3) is 0 Å². The van der Waals surface area contributed by atoms with Crippen LogP contribution < -0.4 is 0 Å². The summed E-state index contributed by atoms with van der Waals surface area (Å²) in [4.78, 5) is 6.49. The van der Waals surface area contributed by atoms with E-state index >= 15 is 0 Å². The van der Waals surface area contributed by atoms with Gasteiger partial charge in [0.2, 0.25) is 11.7 Å². The van der Waals surface area contributed by atoms with E-state index in [0.29, 0.717) is 12.4 Å². The van der Waals surface area contributed by atoms with Crippen LogP contribution in [0.5, 0.6) is 0 Å². The third-order valence-electron chi connectivity index (χ3n) is 4.72. The van der Waals surface area contributed by atoms with Crippen LogP contribution in [-0.2, 0) is 19.3 Å². The lowest BCUT2D eigenvalue weighted by Gasteiger charge is -2.33. The minimum Gasteiger partial charge on any atom is -0.349 e. The Morgan fingerprint density at radius 1 is 1.19 bits per heavy atom. The standard InChI is InChI=1S/C18H17F3N4O/c1-12-15-6-3-7-24(15)8-9-25(12)11-16-22-17(23-26-16)13-4-2-5-14(10-13)18(19,20)21/h2-7,10,12H,8-9,11H2,1H3. The summed E-state index contributed by atoms with van der Waals surface area (Å²) in [6.45, 7) is 4.28. The van der Waals surface area contributed by atoms with Gasteiger partial charge in [-0.3, -0.25) is 4.90 Å². The fourth-order valence-electron chi connectivity index (χ4n) is 3.29. The molecule has 1 aliphatic rings. The lowest BCUT2D eigenvalue weighted by molar-refractivity contribution is -0.137. The lowest BCUT2D eigenvalue weighted by Crippen LogP contribution is -2.35. The third-order valence-corrected chi connectivity index (χ3v) is 4.72. The SMILES string of the molecule is CC1c2cccn2CCN1Cc1nc(-c2cccc(C(F)(F)F)c2)no1. The quantitative estimate of drug-likeness (QED) is 0.703. The van der Waals surface area contributed by atoms with Gasteiger partial charge in [0.05, 0.1) is 12.1 Å². The first-order valence-electron chi connectivity index (χ1n) is 8.31. The number of alkyl halides is 3. The molecule has 3 heterocycles. The first-order valence-corrected chi connectivity index (χ1v) is 8.31. The van der Waals surface area contributed by atoms with Crippen molar-refractivity contribution in [3.8, 4) is 11.4 Å². The summed E-state index contributed by atoms with van der Waals surface area (Å²) in [6, 6.07) is 9.24. The first kappa shape index (κ1) is 16.8. The van der Waals surface area contributed by atoms with Crippen LogP contribution in [0.25, 0.3) is 11.4 Å². The molecular weight excluding hydrogens is 345 g/mol. The Bertz CT molecular complexity index is 915. The van der Waals surface area contributed by atoms with Crippen LogP contribution in [0.4, 0.5) is 13.2 Å². The van der Waals surface area contributed by atoms with E-state index in [1.165, 1.54) is 11.8 Å². The average molecular weight is 362 g/mol.